The fourth-order valence-corrected chi connectivity index (χ4v) is 2.87. The largest absolute Gasteiger partial charge is 0.493 e. The molecule has 1 atom stereocenters. The second-order valence-electron chi connectivity index (χ2n) is 6.20. The quantitative estimate of drug-likeness (QED) is 0.355. The van der Waals surface area contributed by atoms with Crippen molar-refractivity contribution in [3.05, 3.63) is 23.8 Å². The summed E-state index contributed by atoms with van der Waals surface area (Å²) in [5.41, 5.74) is 1.05. The molecule has 0 bridgehead atoms. The van der Waals surface area contributed by atoms with Gasteiger partial charge in [-0.1, -0.05) is 6.07 Å². The average molecular weight is 483 g/mol. The van der Waals surface area contributed by atoms with Crippen LogP contribution in [0.15, 0.2) is 23.2 Å². The Morgan fingerprint density at radius 1 is 1.16 bits per heavy atom. The van der Waals surface area contributed by atoms with Gasteiger partial charge in [0.1, 0.15) is 0 Å². The third-order valence-corrected chi connectivity index (χ3v) is 5.34. The number of nitrogens with one attached hydrogen (secondary N) is 2. The van der Waals surface area contributed by atoms with E-state index in [1.807, 2.05) is 39.0 Å². The molecule has 144 valence electrons. The number of halogens is 1. The molecule has 1 unspecified atom stereocenters. The minimum Gasteiger partial charge on any atom is -0.493 e. The lowest BCUT2D eigenvalue weighted by Crippen LogP contribution is -2.40. The number of guanidine groups is 1. The SMILES string of the molecule is CN=C(NCCS(=O)C(C)(C)C)NCc1ccc(OC)c(OC)c1.I. The molecule has 2 N–H and O–H groups in total. The van der Waals surface area contributed by atoms with E-state index in [9.17, 15) is 4.21 Å². The van der Waals surface area contributed by atoms with E-state index in [-0.39, 0.29) is 28.7 Å². The summed E-state index contributed by atoms with van der Waals surface area (Å²) in [7, 11) is 4.06. The first kappa shape index (κ1) is 24.0. The summed E-state index contributed by atoms with van der Waals surface area (Å²) < 4.78 is 22.4. The Morgan fingerprint density at radius 3 is 2.32 bits per heavy atom. The first-order chi connectivity index (χ1) is 11.3. The number of rotatable bonds is 7. The highest BCUT2D eigenvalue weighted by Crippen LogP contribution is 2.27. The second kappa shape index (κ2) is 11.6. The van der Waals surface area contributed by atoms with Crippen molar-refractivity contribution in [2.45, 2.75) is 32.1 Å². The van der Waals surface area contributed by atoms with E-state index in [1.54, 1.807) is 21.3 Å². The lowest BCUT2D eigenvalue weighted by atomic mass is 10.2. The molecule has 8 heteroatoms. The lowest BCUT2D eigenvalue weighted by Gasteiger charge is -2.18. The van der Waals surface area contributed by atoms with Gasteiger partial charge in [-0.3, -0.25) is 9.20 Å². The van der Waals surface area contributed by atoms with Crippen LogP contribution in [-0.2, 0) is 17.3 Å². The maximum Gasteiger partial charge on any atom is 0.191 e. The Kier molecular flexibility index (Phi) is 11.1. The van der Waals surface area contributed by atoms with E-state index in [4.69, 9.17) is 9.47 Å². The van der Waals surface area contributed by atoms with Crippen molar-refractivity contribution in [3.8, 4) is 11.5 Å². The van der Waals surface area contributed by atoms with Gasteiger partial charge in [0.25, 0.3) is 0 Å². The van der Waals surface area contributed by atoms with Gasteiger partial charge in [-0.15, -0.1) is 24.0 Å². The second-order valence-corrected chi connectivity index (χ2v) is 8.53. The van der Waals surface area contributed by atoms with Crippen molar-refractivity contribution in [2.24, 2.45) is 4.99 Å². The predicted molar refractivity (Wildman–Crippen MR) is 116 cm³/mol. The van der Waals surface area contributed by atoms with Crippen LogP contribution in [0.4, 0.5) is 0 Å². The number of hydrogen-bond donors (Lipinski definition) is 2. The van der Waals surface area contributed by atoms with Crippen LogP contribution in [0, 0.1) is 0 Å². The van der Waals surface area contributed by atoms with Gasteiger partial charge in [-0.05, 0) is 38.5 Å². The molecule has 0 spiro atoms. The Labute approximate surface area is 170 Å². The normalized spacial score (nSPS) is 12.8. The fraction of sp³-hybridized carbons (Fsp3) is 0.588. The smallest absolute Gasteiger partial charge is 0.191 e. The number of aliphatic imine (C=N–C) groups is 1. The highest BCUT2D eigenvalue weighted by molar-refractivity contribution is 14.0. The van der Waals surface area contributed by atoms with Gasteiger partial charge >= 0.3 is 0 Å². The van der Waals surface area contributed by atoms with Crippen molar-refractivity contribution < 1.29 is 13.7 Å². The van der Waals surface area contributed by atoms with E-state index in [1.165, 1.54) is 0 Å². The Hall–Kier alpha value is -1.03. The summed E-state index contributed by atoms with van der Waals surface area (Å²) in [5.74, 6) is 2.66. The number of hydrogen-bond acceptors (Lipinski definition) is 4. The Balaban J connectivity index is 0.00000576. The lowest BCUT2D eigenvalue weighted by molar-refractivity contribution is 0.354. The summed E-state index contributed by atoms with van der Waals surface area (Å²) in [6.45, 7) is 7.14. The summed E-state index contributed by atoms with van der Waals surface area (Å²) >= 11 is 0. The van der Waals surface area contributed by atoms with Gasteiger partial charge in [-0.25, -0.2) is 0 Å². The number of ether oxygens (including phenoxy) is 2. The molecule has 0 fully saturated rings. The van der Waals surface area contributed by atoms with Crippen molar-refractivity contribution in [2.75, 3.05) is 33.6 Å². The van der Waals surface area contributed by atoms with E-state index in [2.05, 4.69) is 15.6 Å². The highest BCUT2D eigenvalue weighted by atomic mass is 127. The Morgan fingerprint density at radius 2 is 1.80 bits per heavy atom. The monoisotopic (exact) mass is 483 g/mol. The van der Waals surface area contributed by atoms with Gasteiger partial charge in [-0.2, -0.15) is 0 Å². The van der Waals surface area contributed by atoms with Crippen LogP contribution < -0.4 is 20.1 Å². The highest BCUT2D eigenvalue weighted by Gasteiger charge is 2.18. The molecule has 0 aliphatic rings. The Bertz CT molecular complexity index is 589. The van der Waals surface area contributed by atoms with Crippen LogP contribution in [0.3, 0.4) is 0 Å². The zero-order valence-electron chi connectivity index (χ0n) is 15.8. The molecule has 1 aromatic carbocycles. The van der Waals surface area contributed by atoms with Crippen LogP contribution in [0.2, 0.25) is 0 Å². The minimum absolute atomic E-state index is 0. The maximum atomic E-state index is 12.0. The van der Waals surface area contributed by atoms with Crippen molar-refractivity contribution in [3.63, 3.8) is 0 Å². The number of benzene rings is 1. The average Bonchev–Trinajstić information content (AvgIpc) is 2.56. The van der Waals surface area contributed by atoms with Gasteiger partial charge in [0.15, 0.2) is 17.5 Å². The van der Waals surface area contributed by atoms with Crippen LogP contribution in [0.5, 0.6) is 11.5 Å². The molecule has 1 aromatic rings. The van der Waals surface area contributed by atoms with E-state index < -0.39 is 10.8 Å². The maximum absolute atomic E-state index is 12.0. The molecular weight excluding hydrogens is 453 g/mol. The van der Waals surface area contributed by atoms with Crippen LogP contribution in [-0.4, -0.2) is 48.5 Å². The molecule has 0 radical (unpaired) electrons. The standard InChI is InChI=1S/C17H29N3O3S.HI/c1-17(2,3)24(21)10-9-19-16(18-4)20-12-13-7-8-14(22-5)15(11-13)23-6;/h7-8,11H,9-10,12H2,1-6H3,(H2,18,19,20);1H. The molecule has 25 heavy (non-hydrogen) atoms. The zero-order chi connectivity index (χ0) is 18.2. The summed E-state index contributed by atoms with van der Waals surface area (Å²) in [6, 6.07) is 5.77. The van der Waals surface area contributed by atoms with Gasteiger partial charge in [0, 0.05) is 41.4 Å². The molecule has 0 aliphatic heterocycles. The molecule has 0 aliphatic carbocycles. The molecule has 0 aromatic heterocycles. The fourth-order valence-electron chi connectivity index (χ4n) is 1.97. The zero-order valence-corrected chi connectivity index (χ0v) is 19.0. The molecule has 0 amide bonds. The van der Waals surface area contributed by atoms with Crippen molar-refractivity contribution in [1.82, 2.24) is 10.6 Å². The predicted octanol–water partition coefficient (Wildman–Crippen LogP) is 2.53. The van der Waals surface area contributed by atoms with Crippen molar-refractivity contribution in [1.29, 1.82) is 0 Å². The van der Waals surface area contributed by atoms with Crippen LogP contribution in [0.25, 0.3) is 0 Å². The molecular formula is C17H30IN3O3S. The number of nitrogens with zero attached hydrogens (tertiary/aromatic N) is 1. The van der Waals surface area contributed by atoms with Crippen LogP contribution in [0.1, 0.15) is 26.3 Å². The van der Waals surface area contributed by atoms with E-state index >= 15 is 0 Å². The number of methoxy groups -OCH3 is 2. The van der Waals surface area contributed by atoms with E-state index in [0.717, 1.165) is 5.56 Å². The summed E-state index contributed by atoms with van der Waals surface area (Å²) in [6.07, 6.45) is 0. The molecule has 0 saturated carbocycles. The minimum atomic E-state index is -0.879. The summed E-state index contributed by atoms with van der Waals surface area (Å²) in [4.78, 5) is 4.18. The first-order valence-electron chi connectivity index (χ1n) is 7.85. The first-order valence-corrected chi connectivity index (χ1v) is 9.17. The van der Waals surface area contributed by atoms with Crippen LogP contribution >= 0.6 is 24.0 Å². The third kappa shape index (κ3) is 8.26. The van der Waals surface area contributed by atoms with Crippen molar-refractivity contribution >= 4 is 40.7 Å². The topological polar surface area (TPSA) is 72.0 Å². The van der Waals surface area contributed by atoms with Gasteiger partial charge < -0.3 is 20.1 Å². The molecule has 0 saturated heterocycles. The molecule has 6 nitrogen and oxygen atoms in total. The third-order valence-electron chi connectivity index (χ3n) is 3.39. The molecule has 1 rings (SSSR count). The van der Waals surface area contributed by atoms with Gasteiger partial charge in [0.05, 0.1) is 14.2 Å². The summed E-state index contributed by atoms with van der Waals surface area (Å²) in [5, 5.41) is 6.41. The van der Waals surface area contributed by atoms with Gasteiger partial charge in [0.2, 0.25) is 0 Å². The van der Waals surface area contributed by atoms with E-state index in [0.29, 0.717) is 36.3 Å². The molecule has 0 heterocycles.